The maximum atomic E-state index is 13.2. The molecule has 0 N–H and O–H groups in total. The molecule has 0 bridgehead atoms. The summed E-state index contributed by atoms with van der Waals surface area (Å²) >= 11 is 0. The van der Waals surface area contributed by atoms with Crippen molar-refractivity contribution in [3.63, 3.8) is 0 Å². The maximum Gasteiger partial charge on any atom is 0.332 e. The number of carbonyl (C=O) groups excluding carboxylic acids is 2. The van der Waals surface area contributed by atoms with Crippen LogP contribution in [0.2, 0.25) is 0 Å². The second-order valence-corrected chi connectivity index (χ2v) is 8.68. The average molecular weight is 439 g/mol. The van der Waals surface area contributed by atoms with Crippen LogP contribution >= 0.6 is 0 Å². The lowest BCUT2D eigenvalue weighted by Gasteiger charge is -2.24. The van der Waals surface area contributed by atoms with E-state index in [0.29, 0.717) is 18.5 Å². The number of hydrogen-bond donors (Lipinski definition) is 0. The van der Waals surface area contributed by atoms with E-state index in [1.165, 1.54) is 7.11 Å². The van der Waals surface area contributed by atoms with Gasteiger partial charge in [-0.05, 0) is 44.0 Å². The summed E-state index contributed by atoms with van der Waals surface area (Å²) in [6.45, 7) is 5.80. The molecular weight excluding hydrogens is 408 g/mol. The van der Waals surface area contributed by atoms with Crippen LogP contribution in [0.5, 0.6) is 0 Å². The Labute approximate surface area is 188 Å². The number of ether oxygens (including phenoxy) is 2. The summed E-state index contributed by atoms with van der Waals surface area (Å²) in [6, 6.07) is 17.3. The molecule has 0 aromatic heterocycles. The first kappa shape index (κ1) is 23.5. The van der Waals surface area contributed by atoms with Crippen LogP contribution in [0, 0.1) is 0 Å². The topological polar surface area (TPSA) is 77.4 Å². The molecule has 1 aliphatic heterocycles. The molecule has 0 spiro atoms. The third-order valence-electron chi connectivity index (χ3n) is 4.94. The van der Waals surface area contributed by atoms with Gasteiger partial charge in [0.25, 0.3) is 5.91 Å². The highest BCUT2D eigenvalue weighted by molar-refractivity contribution is 6.00. The van der Waals surface area contributed by atoms with E-state index in [1.807, 2.05) is 54.6 Å². The van der Waals surface area contributed by atoms with E-state index in [-0.39, 0.29) is 25.2 Å². The van der Waals surface area contributed by atoms with Crippen molar-refractivity contribution in [1.82, 2.24) is 4.90 Å². The Morgan fingerprint density at radius 3 is 2.31 bits per heavy atom. The molecule has 1 heterocycles. The van der Waals surface area contributed by atoms with Gasteiger partial charge in [0.1, 0.15) is 19.3 Å². The number of oxime groups is 1. The molecule has 1 aliphatic rings. The van der Waals surface area contributed by atoms with Crippen LogP contribution in [0.15, 0.2) is 59.8 Å². The molecule has 170 valence electrons. The quantitative estimate of drug-likeness (QED) is 0.484. The SMILES string of the molecule is CON=C1C[C@@H](COCC(=O)OC(C)(C)C)N(C(=O)c2ccc(-c3ccccc3)cc2)C1. The van der Waals surface area contributed by atoms with E-state index in [2.05, 4.69) is 5.16 Å². The second-order valence-electron chi connectivity index (χ2n) is 8.68. The van der Waals surface area contributed by atoms with E-state index in [0.717, 1.165) is 16.8 Å². The van der Waals surface area contributed by atoms with Gasteiger partial charge in [-0.2, -0.15) is 0 Å². The molecule has 7 nitrogen and oxygen atoms in total. The lowest BCUT2D eigenvalue weighted by Crippen LogP contribution is -2.39. The van der Waals surface area contributed by atoms with E-state index < -0.39 is 11.6 Å². The van der Waals surface area contributed by atoms with Crippen molar-refractivity contribution in [2.75, 3.05) is 26.9 Å². The molecule has 32 heavy (non-hydrogen) atoms. The lowest BCUT2D eigenvalue weighted by atomic mass is 10.0. The van der Waals surface area contributed by atoms with Gasteiger partial charge >= 0.3 is 5.97 Å². The van der Waals surface area contributed by atoms with Gasteiger partial charge in [0.15, 0.2) is 0 Å². The zero-order valence-electron chi connectivity index (χ0n) is 19.0. The Kier molecular flexibility index (Phi) is 7.64. The monoisotopic (exact) mass is 438 g/mol. The fraction of sp³-hybridized carbons (Fsp3) is 0.400. The molecule has 2 aromatic carbocycles. The normalized spacial score (nSPS) is 17.4. The standard InChI is InChI=1S/C25H30N2O5/c1-25(2,3)32-23(28)17-31-16-22-14-21(26-30-4)15-27(22)24(29)20-12-10-19(11-13-20)18-8-6-5-7-9-18/h5-13,22H,14-17H2,1-4H3/t22-/m0/s1. The van der Waals surface area contributed by atoms with Crippen molar-refractivity contribution in [3.8, 4) is 11.1 Å². The molecule has 0 saturated carbocycles. The van der Waals surface area contributed by atoms with E-state index >= 15 is 0 Å². The van der Waals surface area contributed by atoms with Crippen LogP contribution in [-0.4, -0.2) is 61.0 Å². The number of amides is 1. The van der Waals surface area contributed by atoms with Gasteiger partial charge in [-0.15, -0.1) is 0 Å². The number of nitrogens with zero attached hydrogens (tertiary/aromatic N) is 2. The molecule has 0 radical (unpaired) electrons. The molecule has 0 unspecified atom stereocenters. The van der Waals surface area contributed by atoms with Crippen molar-refractivity contribution < 1.29 is 23.9 Å². The fourth-order valence-corrected chi connectivity index (χ4v) is 3.61. The van der Waals surface area contributed by atoms with Crippen molar-refractivity contribution in [2.45, 2.75) is 38.8 Å². The Balaban J connectivity index is 1.66. The van der Waals surface area contributed by atoms with Gasteiger partial charge < -0.3 is 19.2 Å². The van der Waals surface area contributed by atoms with E-state index in [4.69, 9.17) is 14.3 Å². The van der Waals surface area contributed by atoms with Crippen LogP contribution in [0.4, 0.5) is 0 Å². The van der Waals surface area contributed by atoms with Gasteiger partial charge in [-0.3, -0.25) is 4.79 Å². The molecule has 7 heteroatoms. The minimum absolute atomic E-state index is 0.114. The minimum atomic E-state index is -0.569. The summed E-state index contributed by atoms with van der Waals surface area (Å²) < 4.78 is 10.8. The third kappa shape index (κ3) is 6.40. The third-order valence-corrected chi connectivity index (χ3v) is 4.94. The summed E-state index contributed by atoms with van der Waals surface area (Å²) in [7, 11) is 1.48. The number of rotatable bonds is 7. The molecule has 1 fully saturated rings. The van der Waals surface area contributed by atoms with Crippen LogP contribution in [0.25, 0.3) is 11.1 Å². The molecule has 0 aliphatic carbocycles. The summed E-state index contributed by atoms with van der Waals surface area (Å²) in [5.41, 5.74) is 2.91. The molecular formula is C25H30N2O5. The minimum Gasteiger partial charge on any atom is -0.458 e. The van der Waals surface area contributed by atoms with Crippen LogP contribution < -0.4 is 0 Å². The highest BCUT2D eigenvalue weighted by Crippen LogP contribution is 2.23. The average Bonchev–Trinajstić information content (AvgIpc) is 3.15. The van der Waals surface area contributed by atoms with Crippen LogP contribution in [0.1, 0.15) is 37.6 Å². The van der Waals surface area contributed by atoms with Crippen molar-refractivity contribution in [1.29, 1.82) is 0 Å². The zero-order valence-corrected chi connectivity index (χ0v) is 19.0. The van der Waals surface area contributed by atoms with Crippen LogP contribution in [0.3, 0.4) is 0 Å². The van der Waals surface area contributed by atoms with Crippen molar-refractivity contribution in [2.24, 2.45) is 5.16 Å². The summed E-state index contributed by atoms with van der Waals surface area (Å²) in [5.74, 6) is -0.549. The van der Waals surface area contributed by atoms with Crippen molar-refractivity contribution >= 4 is 17.6 Å². The predicted molar refractivity (Wildman–Crippen MR) is 122 cm³/mol. The van der Waals surface area contributed by atoms with Gasteiger partial charge in [-0.25, -0.2) is 4.79 Å². The molecule has 3 rings (SSSR count). The largest absolute Gasteiger partial charge is 0.458 e. The van der Waals surface area contributed by atoms with Gasteiger partial charge in [0.2, 0.25) is 0 Å². The second kappa shape index (κ2) is 10.4. The Morgan fingerprint density at radius 1 is 1.03 bits per heavy atom. The van der Waals surface area contributed by atoms with E-state index in [1.54, 1.807) is 25.7 Å². The number of hydrogen-bond acceptors (Lipinski definition) is 6. The smallest absolute Gasteiger partial charge is 0.332 e. The summed E-state index contributed by atoms with van der Waals surface area (Å²) in [5, 5.41) is 4.02. The van der Waals surface area contributed by atoms with Gasteiger partial charge in [0, 0.05) is 12.0 Å². The number of benzene rings is 2. The Bertz CT molecular complexity index is 949. The van der Waals surface area contributed by atoms with Gasteiger partial charge in [0.05, 0.1) is 24.9 Å². The van der Waals surface area contributed by atoms with Gasteiger partial charge in [-0.1, -0.05) is 47.6 Å². The first-order valence-corrected chi connectivity index (χ1v) is 10.6. The Morgan fingerprint density at radius 2 is 1.69 bits per heavy atom. The zero-order chi connectivity index (χ0) is 23.1. The summed E-state index contributed by atoms with van der Waals surface area (Å²) in [6.07, 6.45) is 0.524. The first-order valence-electron chi connectivity index (χ1n) is 10.6. The molecule has 2 aromatic rings. The lowest BCUT2D eigenvalue weighted by molar-refractivity contribution is -0.160. The van der Waals surface area contributed by atoms with Crippen molar-refractivity contribution in [3.05, 3.63) is 60.2 Å². The molecule has 1 amide bonds. The van der Waals surface area contributed by atoms with Crippen LogP contribution in [-0.2, 0) is 19.1 Å². The highest BCUT2D eigenvalue weighted by atomic mass is 16.6. The maximum absolute atomic E-state index is 13.2. The van der Waals surface area contributed by atoms with E-state index in [9.17, 15) is 9.59 Å². The fourth-order valence-electron chi connectivity index (χ4n) is 3.61. The first-order chi connectivity index (χ1) is 15.3. The molecule has 1 saturated heterocycles. The Hall–Kier alpha value is -3.19. The highest BCUT2D eigenvalue weighted by Gasteiger charge is 2.34. The predicted octanol–water partition coefficient (Wildman–Crippen LogP) is 3.93. The number of esters is 1. The summed E-state index contributed by atoms with van der Waals surface area (Å²) in [4.78, 5) is 31.8. The molecule has 1 atom stereocenters. The number of carbonyl (C=O) groups is 2. The number of likely N-dealkylation sites (tertiary alicyclic amines) is 1.